The Labute approximate surface area is 108 Å². The van der Waals surface area contributed by atoms with E-state index in [0.29, 0.717) is 12.0 Å². The standard InChI is InChI=1S/C15H22O3/c1-15(8-9-2-3-10(15)6-9)18-14(16)12-7-11-4-5-13(12)17-11/h9-13H,2-8H2,1H3. The lowest BCUT2D eigenvalue weighted by molar-refractivity contribution is -0.170. The summed E-state index contributed by atoms with van der Waals surface area (Å²) in [5, 5.41) is 0. The summed E-state index contributed by atoms with van der Waals surface area (Å²) in [7, 11) is 0. The molecule has 0 N–H and O–H groups in total. The maximum atomic E-state index is 12.4. The Morgan fingerprint density at radius 2 is 2.11 bits per heavy atom. The first kappa shape index (κ1) is 11.3. The summed E-state index contributed by atoms with van der Waals surface area (Å²) < 4.78 is 11.7. The van der Waals surface area contributed by atoms with Gasteiger partial charge in [-0.05, 0) is 63.7 Å². The zero-order valence-corrected chi connectivity index (χ0v) is 11.1. The SMILES string of the molecule is CC1(OC(=O)C2CC3CCC2O3)CC2CCC1C2. The largest absolute Gasteiger partial charge is 0.459 e. The molecule has 4 fully saturated rings. The van der Waals surface area contributed by atoms with Gasteiger partial charge in [-0.1, -0.05) is 0 Å². The maximum absolute atomic E-state index is 12.4. The highest BCUT2D eigenvalue weighted by molar-refractivity contribution is 5.74. The molecule has 0 aromatic rings. The number of hydrogen-bond acceptors (Lipinski definition) is 3. The second kappa shape index (κ2) is 3.72. The highest BCUT2D eigenvalue weighted by atomic mass is 16.6. The van der Waals surface area contributed by atoms with Crippen molar-refractivity contribution in [2.24, 2.45) is 17.8 Å². The quantitative estimate of drug-likeness (QED) is 0.707. The molecular weight excluding hydrogens is 228 g/mol. The number of fused-ring (bicyclic) bond motifs is 4. The fourth-order valence-electron chi connectivity index (χ4n) is 4.87. The van der Waals surface area contributed by atoms with Crippen LogP contribution >= 0.6 is 0 Å². The van der Waals surface area contributed by atoms with Gasteiger partial charge in [0.1, 0.15) is 5.60 Å². The Kier molecular flexibility index (Phi) is 2.33. The number of esters is 1. The molecule has 4 rings (SSSR count). The molecule has 18 heavy (non-hydrogen) atoms. The molecular formula is C15H22O3. The minimum Gasteiger partial charge on any atom is -0.459 e. The predicted octanol–water partition coefficient (Wildman–Crippen LogP) is 2.68. The van der Waals surface area contributed by atoms with Crippen LogP contribution in [-0.2, 0) is 14.3 Å². The van der Waals surface area contributed by atoms with Crippen LogP contribution in [0.3, 0.4) is 0 Å². The van der Waals surface area contributed by atoms with Crippen LogP contribution in [0.15, 0.2) is 0 Å². The van der Waals surface area contributed by atoms with Gasteiger partial charge in [0.05, 0.1) is 18.1 Å². The number of ether oxygens (including phenoxy) is 2. The molecule has 2 aliphatic heterocycles. The molecule has 0 spiro atoms. The monoisotopic (exact) mass is 250 g/mol. The third-order valence-electron chi connectivity index (χ3n) is 5.84. The van der Waals surface area contributed by atoms with Crippen molar-refractivity contribution in [3.05, 3.63) is 0 Å². The second-order valence-corrected chi connectivity index (χ2v) is 7.03. The van der Waals surface area contributed by atoms with Crippen molar-refractivity contribution < 1.29 is 14.3 Å². The summed E-state index contributed by atoms with van der Waals surface area (Å²) in [5.41, 5.74) is -0.165. The fourth-order valence-corrected chi connectivity index (χ4v) is 4.87. The average molecular weight is 250 g/mol. The van der Waals surface area contributed by atoms with E-state index in [0.717, 1.165) is 31.6 Å². The van der Waals surface area contributed by atoms with Crippen LogP contribution in [-0.4, -0.2) is 23.8 Å². The molecule has 4 aliphatic rings. The number of hydrogen-bond donors (Lipinski definition) is 0. The molecule has 0 amide bonds. The number of carbonyl (C=O) groups is 1. The molecule has 0 aromatic heterocycles. The van der Waals surface area contributed by atoms with E-state index < -0.39 is 0 Å². The number of carbonyl (C=O) groups excluding carboxylic acids is 1. The van der Waals surface area contributed by atoms with Gasteiger partial charge in [-0.2, -0.15) is 0 Å². The maximum Gasteiger partial charge on any atom is 0.312 e. The first-order valence-electron chi connectivity index (χ1n) is 7.52. The van der Waals surface area contributed by atoms with Gasteiger partial charge < -0.3 is 9.47 Å². The Morgan fingerprint density at radius 1 is 1.22 bits per heavy atom. The molecule has 2 aliphatic carbocycles. The molecule has 2 saturated heterocycles. The van der Waals surface area contributed by atoms with Gasteiger partial charge in [-0.3, -0.25) is 4.79 Å². The topological polar surface area (TPSA) is 35.5 Å². The van der Waals surface area contributed by atoms with Crippen molar-refractivity contribution in [1.29, 1.82) is 0 Å². The van der Waals surface area contributed by atoms with E-state index in [1.165, 1.54) is 19.3 Å². The minimum absolute atomic E-state index is 0.0252. The van der Waals surface area contributed by atoms with Crippen LogP contribution < -0.4 is 0 Å². The van der Waals surface area contributed by atoms with E-state index >= 15 is 0 Å². The van der Waals surface area contributed by atoms with Crippen molar-refractivity contribution in [2.45, 2.75) is 69.7 Å². The van der Waals surface area contributed by atoms with E-state index in [4.69, 9.17) is 9.47 Å². The summed E-state index contributed by atoms with van der Waals surface area (Å²) >= 11 is 0. The Balaban J connectivity index is 1.44. The summed E-state index contributed by atoms with van der Waals surface area (Å²) in [5.74, 6) is 1.48. The third kappa shape index (κ3) is 1.56. The molecule has 100 valence electrons. The van der Waals surface area contributed by atoms with Crippen molar-refractivity contribution in [3.8, 4) is 0 Å². The van der Waals surface area contributed by atoms with Crippen molar-refractivity contribution >= 4 is 5.97 Å². The van der Waals surface area contributed by atoms with Gasteiger partial charge in [-0.15, -0.1) is 0 Å². The third-order valence-corrected chi connectivity index (χ3v) is 5.84. The summed E-state index contributed by atoms with van der Waals surface area (Å²) in [6.07, 6.45) is 8.53. The van der Waals surface area contributed by atoms with Crippen LogP contribution in [0.5, 0.6) is 0 Å². The van der Waals surface area contributed by atoms with Gasteiger partial charge in [0.2, 0.25) is 0 Å². The Hall–Kier alpha value is -0.570. The zero-order chi connectivity index (χ0) is 12.3. The molecule has 0 aromatic carbocycles. The molecule has 3 nitrogen and oxygen atoms in total. The lowest BCUT2D eigenvalue weighted by atomic mass is 9.84. The average Bonchev–Trinajstić information content (AvgIpc) is 3.07. The normalized spacial score (nSPS) is 53.1. The second-order valence-electron chi connectivity index (χ2n) is 7.03. The van der Waals surface area contributed by atoms with E-state index in [2.05, 4.69) is 6.92 Å². The summed E-state index contributed by atoms with van der Waals surface area (Å²) in [6.45, 7) is 2.16. The fraction of sp³-hybridized carbons (Fsp3) is 0.933. The molecule has 2 saturated carbocycles. The van der Waals surface area contributed by atoms with Gasteiger partial charge in [0, 0.05) is 0 Å². The van der Waals surface area contributed by atoms with E-state index in [1.54, 1.807) is 0 Å². The van der Waals surface area contributed by atoms with Crippen LogP contribution in [0.4, 0.5) is 0 Å². The van der Waals surface area contributed by atoms with Crippen molar-refractivity contribution in [1.82, 2.24) is 0 Å². The molecule has 6 unspecified atom stereocenters. The van der Waals surface area contributed by atoms with E-state index in [9.17, 15) is 4.79 Å². The number of rotatable bonds is 2. The highest BCUT2D eigenvalue weighted by Crippen LogP contribution is 2.53. The molecule has 2 heterocycles. The zero-order valence-electron chi connectivity index (χ0n) is 11.1. The first-order valence-corrected chi connectivity index (χ1v) is 7.52. The van der Waals surface area contributed by atoms with Crippen LogP contribution in [0.2, 0.25) is 0 Å². The lowest BCUT2D eigenvalue weighted by Gasteiger charge is -2.35. The molecule has 4 bridgehead atoms. The van der Waals surface area contributed by atoms with Gasteiger partial charge in [-0.25, -0.2) is 0 Å². The lowest BCUT2D eigenvalue weighted by Crippen LogP contribution is -2.40. The van der Waals surface area contributed by atoms with E-state index in [1.807, 2.05) is 0 Å². The van der Waals surface area contributed by atoms with Gasteiger partial charge >= 0.3 is 5.97 Å². The first-order chi connectivity index (χ1) is 8.64. The molecule has 6 atom stereocenters. The molecule has 0 radical (unpaired) electrons. The molecule has 3 heteroatoms. The van der Waals surface area contributed by atoms with Crippen molar-refractivity contribution in [3.63, 3.8) is 0 Å². The van der Waals surface area contributed by atoms with E-state index in [-0.39, 0.29) is 23.6 Å². The van der Waals surface area contributed by atoms with Crippen LogP contribution in [0.1, 0.15) is 51.9 Å². The highest BCUT2D eigenvalue weighted by Gasteiger charge is 2.53. The van der Waals surface area contributed by atoms with Crippen LogP contribution in [0.25, 0.3) is 0 Å². The minimum atomic E-state index is -0.165. The summed E-state index contributed by atoms with van der Waals surface area (Å²) in [4.78, 5) is 12.4. The van der Waals surface area contributed by atoms with Gasteiger partial charge in [0.15, 0.2) is 0 Å². The van der Waals surface area contributed by atoms with Crippen molar-refractivity contribution in [2.75, 3.05) is 0 Å². The Morgan fingerprint density at radius 3 is 2.67 bits per heavy atom. The Bertz CT molecular complexity index is 380. The van der Waals surface area contributed by atoms with Gasteiger partial charge in [0.25, 0.3) is 0 Å². The summed E-state index contributed by atoms with van der Waals surface area (Å²) in [6, 6.07) is 0. The smallest absolute Gasteiger partial charge is 0.312 e. The predicted molar refractivity (Wildman–Crippen MR) is 65.9 cm³/mol. The van der Waals surface area contributed by atoms with Crippen LogP contribution in [0, 0.1) is 17.8 Å².